The van der Waals surface area contributed by atoms with Gasteiger partial charge in [0, 0.05) is 24.0 Å². The van der Waals surface area contributed by atoms with E-state index in [0.29, 0.717) is 30.4 Å². The Bertz CT molecular complexity index is 688. The molecule has 4 N–H and O–H groups in total. The number of hydrogen-bond acceptors (Lipinski definition) is 5. The van der Waals surface area contributed by atoms with E-state index < -0.39 is 10.0 Å². The van der Waals surface area contributed by atoms with Crippen LogP contribution in [0, 0.1) is 0 Å². The summed E-state index contributed by atoms with van der Waals surface area (Å²) in [7, 11) is -3.56. The van der Waals surface area contributed by atoms with Crippen molar-refractivity contribution >= 4 is 26.0 Å². The molecule has 2 rings (SSSR count). The maximum absolute atomic E-state index is 12.3. The van der Waals surface area contributed by atoms with E-state index in [1.54, 1.807) is 18.2 Å². The number of aryl methyl sites for hydroxylation is 1. The van der Waals surface area contributed by atoms with Crippen LogP contribution < -0.4 is 10.5 Å². The molecule has 0 aliphatic rings. The predicted octanol–water partition coefficient (Wildman–Crippen LogP) is 0.937. The van der Waals surface area contributed by atoms with Gasteiger partial charge >= 0.3 is 0 Å². The number of rotatable bonds is 7. The second-order valence-corrected chi connectivity index (χ2v) is 6.99. The van der Waals surface area contributed by atoms with Crippen LogP contribution in [0.1, 0.15) is 17.8 Å². The zero-order valence-electron chi connectivity index (χ0n) is 11.2. The molecule has 1 heterocycles. The summed E-state index contributed by atoms with van der Waals surface area (Å²) < 4.78 is 27.6. The van der Waals surface area contributed by atoms with E-state index in [0.717, 1.165) is 11.4 Å². The van der Waals surface area contributed by atoms with E-state index in [1.165, 1.54) is 6.33 Å². The maximum Gasteiger partial charge on any atom is 0.241 e. The van der Waals surface area contributed by atoms with E-state index in [9.17, 15) is 8.42 Å². The van der Waals surface area contributed by atoms with Crippen LogP contribution >= 0.6 is 15.9 Å². The van der Waals surface area contributed by atoms with E-state index in [4.69, 9.17) is 5.73 Å². The second kappa shape index (κ2) is 7.12. The van der Waals surface area contributed by atoms with Gasteiger partial charge in [-0.05, 0) is 40.0 Å². The summed E-state index contributed by atoms with van der Waals surface area (Å²) in [5, 5.41) is 6.47. The third kappa shape index (κ3) is 4.34. The van der Waals surface area contributed by atoms with Gasteiger partial charge in [0.1, 0.15) is 12.2 Å². The zero-order chi connectivity index (χ0) is 15.3. The standard InChI is InChI=1S/C12H16BrN5O2S/c13-10-4-3-9(7-14)6-11(10)21(19,20)17-5-1-2-12-15-8-16-18-12/h3-4,6,8,17H,1-2,5,7,14H2,(H,15,16,18). The fourth-order valence-electron chi connectivity index (χ4n) is 1.77. The number of aromatic nitrogens is 3. The first kappa shape index (κ1) is 16.1. The topological polar surface area (TPSA) is 114 Å². The molecule has 0 amide bonds. The van der Waals surface area contributed by atoms with Crippen molar-refractivity contribution in [3.05, 3.63) is 40.4 Å². The lowest BCUT2D eigenvalue weighted by molar-refractivity contribution is 0.577. The Morgan fingerprint density at radius 2 is 2.19 bits per heavy atom. The Morgan fingerprint density at radius 1 is 1.38 bits per heavy atom. The summed E-state index contributed by atoms with van der Waals surface area (Å²) in [6.07, 6.45) is 2.68. The molecule has 0 saturated heterocycles. The van der Waals surface area contributed by atoms with Crippen molar-refractivity contribution in [1.82, 2.24) is 19.9 Å². The van der Waals surface area contributed by atoms with E-state index in [-0.39, 0.29) is 4.90 Å². The predicted molar refractivity (Wildman–Crippen MR) is 81.9 cm³/mol. The minimum Gasteiger partial charge on any atom is -0.326 e. The summed E-state index contributed by atoms with van der Waals surface area (Å²) in [4.78, 5) is 4.18. The third-order valence-electron chi connectivity index (χ3n) is 2.87. The van der Waals surface area contributed by atoms with Gasteiger partial charge in [0.25, 0.3) is 0 Å². The van der Waals surface area contributed by atoms with Gasteiger partial charge in [0.15, 0.2) is 0 Å². The molecule has 0 spiro atoms. The number of nitrogens with two attached hydrogens (primary N) is 1. The average molecular weight is 374 g/mol. The van der Waals surface area contributed by atoms with Gasteiger partial charge in [-0.15, -0.1) is 0 Å². The number of sulfonamides is 1. The Kier molecular flexibility index (Phi) is 5.45. The van der Waals surface area contributed by atoms with Gasteiger partial charge in [0.2, 0.25) is 10.0 Å². The number of halogens is 1. The van der Waals surface area contributed by atoms with Crippen LogP contribution in [0.4, 0.5) is 0 Å². The van der Waals surface area contributed by atoms with Crippen molar-refractivity contribution in [3.63, 3.8) is 0 Å². The van der Waals surface area contributed by atoms with Crippen molar-refractivity contribution in [2.45, 2.75) is 24.3 Å². The van der Waals surface area contributed by atoms with E-state index in [2.05, 4.69) is 35.8 Å². The highest BCUT2D eigenvalue weighted by Crippen LogP contribution is 2.23. The van der Waals surface area contributed by atoms with Crippen LogP contribution in [0.25, 0.3) is 0 Å². The largest absolute Gasteiger partial charge is 0.326 e. The quantitative estimate of drug-likeness (QED) is 0.624. The number of nitrogens with one attached hydrogen (secondary N) is 2. The number of aromatic amines is 1. The van der Waals surface area contributed by atoms with E-state index >= 15 is 0 Å². The lowest BCUT2D eigenvalue weighted by atomic mass is 10.2. The number of hydrogen-bond donors (Lipinski definition) is 3. The summed E-state index contributed by atoms with van der Waals surface area (Å²) >= 11 is 3.25. The zero-order valence-corrected chi connectivity index (χ0v) is 13.6. The van der Waals surface area contributed by atoms with Crippen molar-refractivity contribution < 1.29 is 8.42 Å². The Hall–Kier alpha value is -1.29. The molecule has 0 saturated carbocycles. The van der Waals surface area contributed by atoms with Crippen LogP contribution in [-0.2, 0) is 23.0 Å². The summed E-state index contributed by atoms with van der Waals surface area (Å²) in [6.45, 7) is 0.615. The molecular formula is C12H16BrN5O2S. The summed E-state index contributed by atoms with van der Waals surface area (Å²) in [6, 6.07) is 5.04. The fraction of sp³-hybridized carbons (Fsp3) is 0.333. The molecule has 0 atom stereocenters. The first-order valence-corrected chi connectivity index (χ1v) is 8.63. The minimum absolute atomic E-state index is 0.199. The molecule has 0 aliphatic carbocycles. The van der Waals surface area contributed by atoms with Crippen molar-refractivity contribution in [3.8, 4) is 0 Å². The highest BCUT2D eigenvalue weighted by atomic mass is 79.9. The first-order chi connectivity index (χ1) is 10.0. The van der Waals surface area contributed by atoms with Gasteiger partial charge in [-0.3, -0.25) is 5.10 Å². The molecule has 7 nitrogen and oxygen atoms in total. The van der Waals surface area contributed by atoms with Crippen LogP contribution in [0.3, 0.4) is 0 Å². The van der Waals surface area contributed by atoms with Gasteiger partial charge in [-0.2, -0.15) is 5.10 Å². The maximum atomic E-state index is 12.3. The SMILES string of the molecule is NCc1ccc(Br)c(S(=O)(=O)NCCCc2ncn[nH]2)c1. The van der Waals surface area contributed by atoms with Crippen molar-refractivity contribution in [2.24, 2.45) is 5.73 Å². The molecule has 0 fully saturated rings. The molecule has 0 radical (unpaired) electrons. The van der Waals surface area contributed by atoms with Crippen molar-refractivity contribution in [2.75, 3.05) is 6.54 Å². The molecule has 0 aliphatic heterocycles. The Morgan fingerprint density at radius 3 is 2.86 bits per heavy atom. The van der Waals surface area contributed by atoms with E-state index in [1.807, 2.05) is 0 Å². The first-order valence-electron chi connectivity index (χ1n) is 6.35. The highest BCUT2D eigenvalue weighted by Gasteiger charge is 2.17. The summed E-state index contributed by atoms with van der Waals surface area (Å²) in [5.74, 6) is 0.737. The molecule has 9 heteroatoms. The van der Waals surface area contributed by atoms with Crippen LogP contribution in [-0.4, -0.2) is 30.1 Å². The fourth-order valence-corrected chi connectivity index (χ4v) is 3.86. The second-order valence-electron chi connectivity index (χ2n) is 4.40. The smallest absolute Gasteiger partial charge is 0.241 e. The molecule has 2 aromatic rings. The van der Waals surface area contributed by atoms with Crippen molar-refractivity contribution in [1.29, 1.82) is 0 Å². The molecule has 1 aromatic carbocycles. The number of H-pyrrole nitrogens is 1. The Labute approximate surface area is 131 Å². The molecule has 1 aromatic heterocycles. The molecule has 21 heavy (non-hydrogen) atoms. The van der Waals surface area contributed by atoms with Crippen LogP contribution in [0.2, 0.25) is 0 Å². The molecule has 0 unspecified atom stereocenters. The highest BCUT2D eigenvalue weighted by molar-refractivity contribution is 9.10. The number of benzene rings is 1. The normalized spacial score (nSPS) is 11.7. The third-order valence-corrected chi connectivity index (χ3v) is 5.32. The van der Waals surface area contributed by atoms with Crippen LogP contribution in [0.15, 0.2) is 33.9 Å². The summed E-state index contributed by atoms with van der Waals surface area (Å²) in [5.41, 5.74) is 6.31. The van der Waals surface area contributed by atoms with Gasteiger partial charge in [-0.25, -0.2) is 18.1 Å². The average Bonchev–Trinajstić information content (AvgIpc) is 2.97. The number of nitrogens with zero attached hydrogens (tertiary/aromatic N) is 2. The Balaban J connectivity index is 1.98. The minimum atomic E-state index is -3.56. The molecule has 114 valence electrons. The molecule has 0 bridgehead atoms. The van der Waals surface area contributed by atoms with Gasteiger partial charge < -0.3 is 5.73 Å². The molecular weight excluding hydrogens is 358 g/mol. The monoisotopic (exact) mass is 373 g/mol. The van der Waals surface area contributed by atoms with Gasteiger partial charge in [-0.1, -0.05) is 6.07 Å². The lowest BCUT2D eigenvalue weighted by Crippen LogP contribution is -2.25. The van der Waals surface area contributed by atoms with Gasteiger partial charge in [0.05, 0.1) is 4.90 Å². The lowest BCUT2D eigenvalue weighted by Gasteiger charge is -2.09. The van der Waals surface area contributed by atoms with Crippen LogP contribution in [0.5, 0.6) is 0 Å².